The maximum atomic E-state index is 12.7. The minimum Gasteiger partial charge on any atom is -0.497 e. The van der Waals surface area contributed by atoms with E-state index in [1.165, 1.54) is 0 Å². The third-order valence-corrected chi connectivity index (χ3v) is 3.62. The first-order valence-electron chi connectivity index (χ1n) is 6.90. The smallest absolute Gasteiger partial charge is 0.193 e. The Morgan fingerprint density at radius 1 is 1.00 bits per heavy atom. The van der Waals surface area contributed by atoms with E-state index in [0.717, 1.165) is 33.6 Å². The molecule has 0 saturated carbocycles. The van der Waals surface area contributed by atoms with E-state index in [1.807, 2.05) is 57.2 Å². The Labute approximate surface area is 126 Å². The summed E-state index contributed by atoms with van der Waals surface area (Å²) in [7, 11) is 1.62. The van der Waals surface area contributed by atoms with Crippen molar-refractivity contribution in [3.8, 4) is 5.75 Å². The van der Waals surface area contributed by atoms with E-state index in [1.54, 1.807) is 7.11 Å². The topological polar surface area (TPSA) is 26.3 Å². The lowest BCUT2D eigenvalue weighted by Crippen LogP contribution is -2.07. The summed E-state index contributed by atoms with van der Waals surface area (Å²) in [6.07, 6.45) is 0. The van der Waals surface area contributed by atoms with Gasteiger partial charge in [-0.25, -0.2) is 0 Å². The number of benzene rings is 2. The zero-order chi connectivity index (χ0) is 15.6. The van der Waals surface area contributed by atoms with Crippen LogP contribution in [-0.4, -0.2) is 12.9 Å². The highest BCUT2D eigenvalue weighted by atomic mass is 16.5. The number of hydrogen-bond acceptors (Lipinski definition) is 2. The van der Waals surface area contributed by atoms with Crippen molar-refractivity contribution in [2.24, 2.45) is 0 Å². The number of carbonyl (C=O) groups is 1. The van der Waals surface area contributed by atoms with Gasteiger partial charge in [0.25, 0.3) is 0 Å². The van der Waals surface area contributed by atoms with Crippen LogP contribution in [0.4, 0.5) is 0 Å². The maximum absolute atomic E-state index is 12.7. The van der Waals surface area contributed by atoms with Crippen molar-refractivity contribution in [1.29, 1.82) is 0 Å². The number of carbonyl (C=O) groups excluding carboxylic acids is 1. The van der Waals surface area contributed by atoms with Crippen molar-refractivity contribution in [3.05, 3.63) is 70.8 Å². The SMILES string of the molecule is C=C(C(=O)c1c(C)cc(C)cc1C)c1ccc(OC)cc1. The van der Waals surface area contributed by atoms with Crippen molar-refractivity contribution in [1.82, 2.24) is 0 Å². The average molecular weight is 280 g/mol. The zero-order valence-electron chi connectivity index (χ0n) is 13.0. The highest BCUT2D eigenvalue weighted by Crippen LogP contribution is 2.25. The van der Waals surface area contributed by atoms with Crippen LogP contribution < -0.4 is 4.74 Å². The van der Waals surface area contributed by atoms with Crippen LogP contribution in [0.5, 0.6) is 5.75 Å². The molecule has 0 atom stereocenters. The molecule has 0 aliphatic carbocycles. The lowest BCUT2D eigenvalue weighted by atomic mass is 9.91. The molecular weight excluding hydrogens is 260 g/mol. The molecule has 2 aromatic rings. The summed E-state index contributed by atoms with van der Waals surface area (Å²) in [4.78, 5) is 12.7. The van der Waals surface area contributed by atoms with Crippen LogP contribution in [0.15, 0.2) is 43.0 Å². The van der Waals surface area contributed by atoms with E-state index in [9.17, 15) is 4.79 Å². The molecule has 2 nitrogen and oxygen atoms in total. The fourth-order valence-corrected chi connectivity index (χ4v) is 2.61. The van der Waals surface area contributed by atoms with Gasteiger partial charge < -0.3 is 4.74 Å². The normalized spacial score (nSPS) is 10.3. The van der Waals surface area contributed by atoms with Gasteiger partial charge in [0.05, 0.1) is 7.11 Å². The molecule has 108 valence electrons. The van der Waals surface area contributed by atoms with Crippen LogP contribution in [0.25, 0.3) is 5.57 Å². The number of Topliss-reactive ketones (excluding diaryl/α,β-unsaturated/α-hetero) is 1. The van der Waals surface area contributed by atoms with Crippen LogP contribution >= 0.6 is 0 Å². The van der Waals surface area contributed by atoms with Crippen molar-refractivity contribution < 1.29 is 9.53 Å². The molecule has 2 rings (SSSR count). The standard InChI is InChI=1S/C19H20O2/c1-12-10-13(2)18(14(3)11-12)19(20)15(4)16-6-8-17(21-5)9-7-16/h6-11H,4H2,1-3,5H3. The molecule has 0 aliphatic heterocycles. The Bertz CT molecular complexity index is 671. The van der Waals surface area contributed by atoms with Crippen molar-refractivity contribution in [3.63, 3.8) is 0 Å². The van der Waals surface area contributed by atoms with Crippen LogP contribution in [0.2, 0.25) is 0 Å². The Kier molecular flexibility index (Phi) is 4.27. The fraction of sp³-hybridized carbons (Fsp3) is 0.211. The summed E-state index contributed by atoms with van der Waals surface area (Å²) in [6.45, 7) is 9.94. The van der Waals surface area contributed by atoms with Gasteiger partial charge >= 0.3 is 0 Å². The first-order chi connectivity index (χ1) is 9.93. The van der Waals surface area contributed by atoms with E-state index in [2.05, 4.69) is 6.58 Å². The van der Waals surface area contributed by atoms with E-state index in [0.29, 0.717) is 5.57 Å². The summed E-state index contributed by atoms with van der Waals surface area (Å²) >= 11 is 0. The molecule has 0 N–H and O–H groups in total. The molecule has 0 amide bonds. The fourth-order valence-electron chi connectivity index (χ4n) is 2.61. The largest absolute Gasteiger partial charge is 0.497 e. The monoisotopic (exact) mass is 280 g/mol. The lowest BCUT2D eigenvalue weighted by Gasteiger charge is -2.12. The van der Waals surface area contributed by atoms with Gasteiger partial charge in [0.15, 0.2) is 5.78 Å². The third kappa shape index (κ3) is 3.05. The van der Waals surface area contributed by atoms with Crippen molar-refractivity contribution in [2.45, 2.75) is 20.8 Å². The summed E-state index contributed by atoms with van der Waals surface area (Å²) < 4.78 is 5.13. The van der Waals surface area contributed by atoms with Crippen LogP contribution in [0.3, 0.4) is 0 Å². The van der Waals surface area contributed by atoms with Crippen LogP contribution in [0.1, 0.15) is 32.6 Å². The van der Waals surface area contributed by atoms with Crippen LogP contribution in [-0.2, 0) is 0 Å². The number of ketones is 1. The quantitative estimate of drug-likeness (QED) is 0.608. The molecule has 21 heavy (non-hydrogen) atoms. The van der Waals surface area contributed by atoms with E-state index >= 15 is 0 Å². The molecule has 0 unspecified atom stereocenters. The molecule has 2 aromatic carbocycles. The van der Waals surface area contributed by atoms with Gasteiger partial charge in [0, 0.05) is 11.1 Å². The van der Waals surface area contributed by atoms with Crippen LogP contribution in [0, 0.1) is 20.8 Å². The number of aryl methyl sites for hydroxylation is 3. The Morgan fingerprint density at radius 2 is 1.52 bits per heavy atom. The summed E-state index contributed by atoms with van der Waals surface area (Å²) in [5.41, 5.74) is 5.23. The number of hydrogen-bond donors (Lipinski definition) is 0. The second-order valence-corrected chi connectivity index (χ2v) is 5.31. The lowest BCUT2D eigenvalue weighted by molar-refractivity contribution is 0.105. The van der Waals surface area contributed by atoms with E-state index in [-0.39, 0.29) is 5.78 Å². The maximum Gasteiger partial charge on any atom is 0.193 e. The Balaban J connectivity index is 2.37. The first-order valence-corrected chi connectivity index (χ1v) is 6.90. The van der Waals surface area contributed by atoms with Gasteiger partial charge in [-0.2, -0.15) is 0 Å². The van der Waals surface area contributed by atoms with E-state index in [4.69, 9.17) is 4.74 Å². The van der Waals surface area contributed by atoms with Gasteiger partial charge in [0.1, 0.15) is 5.75 Å². The molecule has 0 fully saturated rings. The first kappa shape index (κ1) is 15.0. The summed E-state index contributed by atoms with van der Waals surface area (Å²) in [6, 6.07) is 11.4. The number of allylic oxidation sites excluding steroid dienone is 1. The minimum absolute atomic E-state index is 0.0184. The molecular formula is C19H20O2. The van der Waals surface area contributed by atoms with Crippen molar-refractivity contribution in [2.75, 3.05) is 7.11 Å². The molecule has 0 aromatic heterocycles. The number of ether oxygens (including phenoxy) is 1. The molecule has 0 saturated heterocycles. The summed E-state index contributed by atoms with van der Waals surface area (Å²) in [5.74, 6) is 0.747. The molecule has 0 spiro atoms. The molecule has 2 heteroatoms. The van der Waals surface area contributed by atoms with Gasteiger partial charge in [0.2, 0.25) is 0 Å². The molecule has 0 aliphatic rings. The molecule has 0 radical (unpaired) electrons. The van der Waals surface area contributed by atoms with Gasteiger partial charge in [-0.05, 0) is 49.6 Å². The Hall–Kier alpha value is -2.35. The van der Waals surface area contributed by atoms with E-state index < -0.39 is 0 Å². The summed E-state index contributed by atoms with van der Waals surface area (Å²) in [5, 5.41) is 0. The predicted molar refractivity (Wildman–Crippen MR) is 87.0 cm³/mol. The predicted octanol–water partition coefficient (Wildman–Crippen LogP) is 4.52. The number of rotatable bonds is 4. The van der Waals surface area contributed by atoms with Crippen molar-refractivity contribution >= 4 is 11.4 Å². The minimum atomic E-state index is -0.0184. The van der Waals surface area contributed by atoms with Gasteiger partial charge in [-0.15, -0.1) is 0 Å². The second-order valence-electron chi connectivity index (χ2n) is 5.31. The van der Waals surface area contributed by atoms with Gasteiger partial charge in [-0.3, -0.25) is 4.79 Å². The number of methoxy groups -OCH3 is 1. The highest BCUT2D eigenvalue weighted by Gasteiger charge is 2.17. The Morgan fingerprint density at radius 3 is 2.00 bits per heavy atom. The average Bonchev–Trinajstić information content (AvgIpc) is 2.45. The molecule has 0 bridgehead atoms. The second kappa shape index (κ2) is 5.96. The highest BCUT2D eigenvalue weighted by molar-refractivity contribution is 6.29. The molecule has 0 heterocycles. The van der Waals surface area contributed by atoms with Gasteiger partial charge in [-0.1, -0.05) is 36.4 Å². The zero-order valence-corrected chi connectivity index (χ0v) is 13.0. The third-order valence-electron chi connectivity index (χ3n) is 3.62.